The normalized spacial score (nSPS) is 11.5. The van der Waals surface area contributed by atoms with Crippen LogP contribution in [0, 0.1) is 0 Å². The van der Waals surface area contributed by atoms with Gasteiger partial charge in [0.05, 0.1) is 0 Å². The van der Waals surface area contributed by atoms with E-state index in [2.05, 4.69) is 4.98 Å². The van der Waals surface area contributed by atoms with Gasteiger partial charge in [0.1, 0.15) is 5.56 Å². The molecule has 0 unspecified atom stereocenters. The number of pyridine rings is 1. The van der Waals surface area contributed by atoms with E-state index in [1.54, 1.807) is 0 Å². The molecule has 1 rings (SSSR count). The van der Waals surface area contributed by atoms with E-state index in [-0.39, 0.29) is 0 Å². The van der Waals surface area contributed by atoms with Gasteiger partial charge in [-0.3, -0.25) is 0 Å². The SMILES string of the molecule is OB(O)c1ccnc(O)c1C(F)(F)F. The molecule has 0 radical (unpaired) electrons. The third-order valence-electron chi connectivity index (χ3n) is 1.52. The number of alkyl halides is 3. The van der Waals surface area contributed by atoms with Crippen molar-refractivity contribution in [3.05, 3.63) is 17.8 Å². The zero-order valence-corrected chi connectivity index (χ0v) is 6.65. The summed E-state index contributed by atoms with van der Waals surface area (Å²) in [6.07, 6.45) is -4.03. The molecule has 0 amide bonds. The smallest absolute Gasteiger partial charge is 0.489 e. The number of rotatable bonds is 1. The lowest BCUT2D eigenvalue weighted by atomic mass is 9.77. The van der Waals surface area contributed by atoms with Gasteiger partial charge < -0.3 is 15.2 Å². The summed E-state index contributed by atoms with van der Waals surface area (Å²) in [5.74, 6) is -1.27. The number of nitrogens with zero attached hydrogens (tertiary/aromatic N) is 1. The summed E-state index contributed by atoms with van der Waals surface area (Å²) in [4.78, 5) is 3.00. The maximum Gasteiger partial charge on any atom is 0.489 e. The van der Waals surface area contributed by atoms with E-state index in [9.17, 15) is 13.2 Å². The topological polar surface area (TPSA) is 73.6 Å². The average Bonchev–Trinajstić information content (AvgIpc) is 2.01. The van der Waals surface area contributed by atoms with Crippen LogP contribution < -0.4 is 5.46 Å². The highest BCUT2D eigenvalue weighted by atomic mass is 19.4. The second kappa shape index (κ2) is 3.47. The van der Waals surface area contributed by atoms with Crippen molar-refractivity contribution in [1.29, 1.82) is 0 Å². The van der Waals surface area contributed by atoms with Crippen molar-refractivity contribution in [1.82, 2.24) is 4.98 Å². The van der Waals surface area contributed by atoms with Gasteiger partial charge in [0.2, 0.25) is 5.88 Å². The van der Waals surface area contributed by atoms with Gasteiger partial charge >= 0.3 is 13.3 Å². The van der Waals surface area contributed by atoms with Gasteiger partial charge in [-0.05, 0) is 6.07 Å². The van der Waals surface area contributed by atoms with Crippen molar-refractivity contribution in [3.63, 3.8) is 0 Å². The van der Waals surface area contributed by atoms with Crippen molar-refractivity contribution in [2.75, 3.05) is 0 Å². The van der Waals surface area contributed by atoms with Crippen LogP contribution in [0.2, 0.25) is 0 Å². The molecule has 0 saturated heterocycles. The number of aromatic nitrogens is 1. The molecule has 4 nitrogen and oxygen atoms in total. The molecule has 0 aliphatic carbocycles. The third-order valence-corrected chi connectivity index (χ3v) is 1.52. The molecule has 0 aromatic carbocycles. The Balaban J connectivity index is 3.38. The van der Waals surface area contributed by atoms with E-state index in [1.807, 2.05) is 0 Å². The van der Waals surface area contributed by atoms with Crippen LogP contribution in [-0.2, 0) is 6.18 Å². The molecule has 0 fully saturated rings. The van der Waals surface area contributed by atoms with E-state index in [0.29, 0.717) is 0 Å². The molecule has 1 heterocycles. The highest BCUT2D eigenvalue weighted by molar-refractivity contribution is 6.59. The second-order valence-corrected chi connectivity index (χ2v) is 2.47. The van der Waals surface area contributed by atoms with E-state index < -0.39 is 30.2 Å². The summed E-state index contributed by atoms with van der Waals surface area (Å²) in [6.45, 7) is 0. The number of hydrogen-bond donors (Lipinski definition) is 3. The molecule has 0 aliphatic rings. The summed E-state index contributed by atoms with van der Waals surface area (Å²) in [5.41, 5.74) is -2.36. The molecule has 3 N–H and O–H groups in total. The first-order valence-electron chi connectivity index (χ1n) is 3.45. The molecule has 76 valence electrons. The van der Waals surface area contributed by atoms with Crippen LogP contribution in [0.15, 0.2) is 12.3 Å². The standard InChI is InChI=1S/C6H5BF3NO3/c8-6(9,10)4-3(7(13)14)1-2-11-5(4)12/h1-2,13-14H,(H,11,12). The van der Waals surface area contributed by atoms with Crippen LogP contribution in [0.4, 0.5) is 13.2 Å². The fraction of sp³-hybridized carbons (Fsp3) is 0.167. The summed E-state index contributed by atoms with van der Waals surface area (Å²) < 4.78 is 36.7. The van der Waals surface area contributed by atoms with Crippen LogP contribution in [0.25, 0.3) is 0 Å². The lowest BCUT2D eigenvalue weighted by Crippen LogP contribution is -2.36. The average molecular weight is 207 g/mol. The molecule has 1 aromatic heterocycles. The van der Waals surface area contributed by atoms with Crippen molar-refractivity contribution >= 4 is 12.6 Å². The molecule has 0 saturated carbocycles. The van der Waals surface area contributed by atoms with Crippen LogP contribution in [0.1, 0.15) is 5.56 Å². The Morgan fingerprint density at radius 2 is 1.86 bits per heavy atom. The third kappa shape index (κ3) is 1.96. The van der Waals surface area contributed by atoms with Crippen LogP contribution in [0.5, 0.6) is 5.88 Å². The van der Waals surface area contributed by atoms with Crippen molar-refractivity contribution in [2.24, 2.45) is 0 Å². The lowest BCUT2D eigenvalue weighted by Gasteiger charge is -2.12. The van der Waals surface area contributed by atoms with Gasteiger partial charge in [0.15, 0.2) is 0 Å². The highest BCUT2D eigenvalue weighted by Gasteiger charge is 2.39. The lowest BCUT2D eigenvalue weighted by molar-refractivity contribution is -0.138. The number of halogens is 3. The van der Waals surface area contributed by atoms with E-state index in [4.69, 9.17) is 15.2 Å². The van der Waals surface area contributed by atoms with Gasteiger partial charge in [-0.25, -0.2) is 4.98 Å². The van der Waals surface area contributed by atoms with Gasteiger partial charge in [-0.1, -0.05) is 0 Å². The molecular formula is C6H5BF3NO3. The van der Waals surface area contributed by atoms with Gasteiger partial charge in [-0.2, -0.15) is 13.2 Å². The minimum absolute atomic E-state index is 0.771. The Labute approximate surface area is 76.8 Å². The van der Waals surface area contributed by atoms with E-state index in [1.165, 1.54) is 0 Å². The Morgan fingerprint density at radius 1 is 1.29 bits per heavy atom. The maximum atomic E-state index is 12.2. The zero-order chi connectivity index (χ0) is 10.9. The van der Waals surface area contributed by atoms with Crippen molar-refractivity contribution in [2.45, 2.75) is 6.18 Å². The number of hydrogen-bond acceptors (Lipinski definition) is 4. The van der Waals surface area contributed by atoms with Crippen molar-refractivity contribution in [3.8, 4) is 5.88 Å². The largest absolute Gasteiger partial charge is 0.493 e. The maximum absolute atomic E-state index is 12.2. The van der Waals surface area contributed by atoms with Gasteiger partial charge in [0.25, 0.3) is 0 Å². The Morgan fingerprint density at radius 3 is 2.21 bits per heavy atom. The van der Waals surface area contributed by atoms with Crippen LogP contribution in [-0.4, -0.2) is 27.3 Å². The predicted octanol–water partition coefficient (Wildman–Crippen LogP) is -0.514. The van der Waals surface area contributed by atoms with Crippen LogP contribution >= 0.6 is 0 Å². The monoisotopic (exact) mass is 207 g/mol. The Hall–Kier alpha value is -1.28. The van der Waals surface area contributed by atoms with Crippen molar-refractivity contribution < 1.29 is 28.3 Å². The summed E-state index contributed by atoms with van der Waals surface area (Å²) >= 11 is 0. The minimum Gasteiger partial charge on any atom is -0.493 e. The molecule has 14 heavy (non-hydrogen) atoms. The minimum atomic E-state index is -4.88. The van der Waals surface area contributed by atoms with Gasteiger partial charge in [-0.15, -0.1) is 0 Å². The fourth-order valence-electron chi connectivity index (χ4n) is 0.971. The molecule has 1 aromatic rings. The molecule has 0 spiro atoms. The molecule has 8 heteroatoms. The molecular weight excluding hydrogens is 202 g/mol. The van der Waals surface area contributed by atoms with E-state index in [0.717, 1.165) is 12.3 Å². The highest BCUT2D eigenvalue weighted by Crippen LogP contribution is 2.32. The first-order valence-corrected chi connectivity index (χ1v) is 3.45. The van der Waals surface area contributed by atoms with E-state index >= 15 is 0 Å². The Kier molecular flexibility index (Phi) is 2.67. The molecule has 0 bridgehead atoms. The fourth-order valence-corrected chi connectivity index (χ4v) is 0.971. The first kappa shape index (κ1) is 10.8. The Bertz CT molecular complexity index is 342. The summed E-state index contributed by atoms with van der Waals surface area (Å²) in [6, 6.07) is 0.771. The summed E-state index contributed by atoms with van der Waals surface area (Å²) in [7, 11) is -2.31. The first-order chi connectivity index (χ1) is 6.34. The molecule has 0 aliphatic heterocycles. The second-order valence-electron chi connectivity index (χ2n) is 2.47. The number of aromatic hydroxyl groups is 1. The zero-order valence-electron chi connectivity index (χ0n) is 6.65. The quantitative estimate of drug-likeness (QED) is 0.542. The van der Waals surface area contributed by atoms with Gasteiger partial charge in [0, 0.05) is 11.7 Å². The predicted molar refractivity (Wildman–Crippen MR) is 40.7 cm³/mol. The molecule has 0 atom stereocenters. The van der Waals surface area contributed by atoms with Crippen LogP contribution in [0.3, 0.4) is 0 Å². The summed E-state index contributed by atoms with van der Waals surface area (Å²) in [5, 5.41) is 26.0.